The van der Waals surface area contributed by atoms with Gasteiger partial charge in [-0.3, -0.25) is 0 Å². The molecular weight excluding hydrogens is 292 g/mol. The largest absolute Gasteiger partial charge is 0.491 e. The van der Waals surface area contributed by atoms with Gasteiger partial charge in [-0.1, -0.05) is 26.0 Å². The monoisotopic (exact) mass is 322 g/mol. The Morgan fingerprint density at radius 1 is 1.22 bits per heavy atom. The number of carbonyl (C=O) groups excluding carboxylic acids is 1. The lowest BCUT2D eigenvalue weighted by Gasteiger charge is -2.24. The molecule has 0 aliphatic carbocycles. The molecule has 0 fully saturated rings. The van der Waals surface area contributed by atoms with Crippen molar-refractivity contribution in [1.82, 2.24) is 10.6 Å². The molecule has 1 unspecified atom stereocenters. The van der Waals surface area contributed by atoms with Crippen molar-refractivity contribution in [2.24, 2.45) is 5.41 Å². The molecule has 0 bridgehead atoms. The molecule has 5 nitrogen and oxygen atoms in total. The SMILES string of the molecule is CC(C)Oc1ccc(C(C)NC(=O)NCC(C)(C)CCO)cc1. The van der Waals surface area contributed by atoms with Crippen LogP contribution in [0.15, 0.2) is 24.3 Å². The molecule has 1 rings (SSSR count). The summed E-state index contributed by atoms with van der Waals surface area (Å²) in [6.07, 6.45) is 0.796. The van der Waals surface area contributed by atoms with Gasteiger partial charge >= 0.3 is 6.03 Å². The van der Waals surface area contributed by atoms with Gasteiger partial charge in [-0.05, 0) is 50.3 Å². The van der Waals surface area contributed by atoms with Crippen LogP contribution in [0.2, 0.25) is 0 Å². The number of hydrogen-bond donors (Lipinski definition) is 3. The zero-order chi connectivity index (χ0) is 17.5. The van der Waals surface area contributed by atoms with Crippen LogP contribution >= 0.6 is 0 Å². The molecule has 0 aliphatic heterocycles. The second kappa shape index (κ2) is 8.77. The minimum Gasteiger partial charge on any atom is -0.491 e. The lowest BCUT2D eigenvalue weighted by Crippen LogP contribution is -2.41. The zero-order valence-corrected chi connectivity index (χ0v) is 14.8. The molecule has 5 heteroatoms. The molecule has 1 aromatic rings. The fraction of sp³-hybridized carbons (Fsp3) is 0.611. The molecule has 0 saturated carbocycles. The van der Waals surface area contributed by atoms with Crippen molar-refractivity contribution < 1.29 is 14.6 Å². The number of rotatable bonds is 8. The van der Waals surface area contributed by atoms with E-state index in [-0.39, 0.29) is 30.2 Å². The number of ether oxygens (including phenoxy) is 1. The number of carbonyl (C=O) groups is 1. The highest BCUT2D eigenvalue weighted by atomic mass is 16.5. The molecule has 23 heavy (non-hydrogen) atoms. The first kappa shape index (κ1) is 19.3. The lowest BCUT2D eigenvalue weighted by molar-refractivity contribution is 0.200. The molecule has 0 saturated heterocycles. The van der Waals surface area contributed by atoms with E-state index in [0.29, 0.717) is 13.0 Å². The Balaban J connectivity index is 2.48. The van der Waals surface area contributed by atoms with Crippen LogP contribution in [0.25, 0.3) is 0 Å². The van der Waals surface area contributed by atoms with Crippen LogP contribution in [0, 0.1) is 5.41 Å². The van der Waals surface area contributed by atoms with Gasteiger partial charge in [0.25, 0.3) is 0 Å². The number of aliphatic hydroxyl groups excluding tert-OH is 1. The number of nitrogens with one attached hydrogen (secondary N) is 2. The first-order valence-electron chi connectivity index (χ1n) is 8.15. The Hall–Kier alpha value is -1.75. The third-order valence-electron chi connectivity index (χ3n) is 3.62. The lowest BCUT2D eigenvalue weighted by atomic mass is 9.90. The summed E-state index contributed by atoms with van der Waals surface area (Å²) < 4.78 is 5.61. The topological polar surface area (TPSA) is 70.6 Å². The summed E-state index contributed by atoms with van der Waals surface area (Å²) in [6, 6.07) is 7.44. The Kier molecular flexibility index (Phi) is 7.36. The second-order valence-corrected chi connectivity index (χ2v) is 6.92. The molecule has 130 valence electrons. The molecule has 1 aromatic carbocycles. The van der Waals surface area contributed by atoms with Crippen molar-refractivity contribution in [2.75, 3.05) is 13.2 Å². The van der Waals surface area contributed by atoms with Gasteiger partial charge in [0.15, 0.2) is 0 Å². The van der Waals surface area contributed by atoms with E-state index in [2.05, 4.69) is 10.6 Å². The minimum atomic E-state index is -0.203. The summed E-state index contributed by atoms with van der Waals surface area (Å²) in [5.74, 6) is 0.825. The predicted octanol–water partition coefficient (Wildman–Crippen LogP) is 3.24. The van der Waals surface area contributed by atoms with Gasteiger partial charge in [-0.2, -0.15) is 0 Å². The number of hydrogen-bond acceptors (Lipinski definition) is 3. The number of benzene rings is 1. The van der Waals surface area contributed by atoms with E-state index in [0.717, 1.165) is 11.3 Å². The van der Waals surface area contributed by atoms with Crippen molar-refractivity contribution >= 4 is 6.03 Å². The van der Waals surface area contributed by atoms with E-state index < -0.39 is 0 Å². The molecule has 0 spiro atoms. The van der Waals surface area contributed by atoms with Crippen molar-refractivity contribution in [3.05, 3.63) is 29.8 Å². The Morgan fingerprint density at radius 3 is 2.35 bits per heavy atom. The van der Waals surface area contributed by atoms with Crippen molar-refractivity contribution in [2.45, 2.75) is 53.2 Å². The van der Waals surface area contributed by atoms with Crippen molar-refractivity contribution in [1.29, 1.82) is 0 Å². The van der Waals surface area contributed by atoms with Gasteiger partial charge in [0.1, 0.15) is 5.75 Å². The van der Waals surface area contributed by atoms with Gasteiger partial charge in [0.2, 0.25) is 0 Å². The van der Waals surface area contributed by atoms with E-state index in [9.17, 15) is 4.79 Å². The molecule has 2 amide bonds. The highest BCUT2D eigenvalue weighted by Crippen LogP contribution is 2.19. The molecule has 0 radical (unpaired) electrons. The first-order chi connectivity index (χ1) is 10.7. The standard InChI is InChI=1S/C18H30N2O3/c1-13(2)23-16-8-6-15(7-9-16)14(3)20-17(22)19-12-18(4,5)10-11-21/h6-9,13-14,21H,10-12H2,1-5H3,(H2,19,20,22). The number of urea groups is 1. The van der Waals surface area contributed by atoms with Crippen LogP contribution < -0.4 is 15.4 Å². The first-order valence-corrected chi connectivity index (χ1v) is 8.15. The second-order valence-electron chi connectivity index (χ2n) is 6.92. The predicted molar refractivity (Wildman–Crippen MR) is 92.6 cm³/mol. The molecular formula is C18H30N2O3. The molecule has 1 atom stereocenters. The van der Waals surface area contributed by atoms with Crippen LogP contribution in [0.1, 0.15) is 52.6 Å². The van der Waals surface area contributed by atoms with Gasteiger partial charge in [-0.15, -0.1) is 0 Å². The highest BCUT2D eigenvalue weighted by molar-refractivity contribution is 5.74. The fourth-order valence-electron chi connectivity index (χ4n) is 2.15. The smallest absolute Gasteiger partial charge is 0.315 e. The average Bonchev–Trinajstić information content (AvgIpc) is 2.45. The molecule has 0 aromatic heterocycles. The van der Waals surface area contributed by atoms with Crippen molar-refractivity contribution in [3.8, 4) is 5.75 Å². The maximum atomic E-state index is 12.0. The minimum absolute atomic E-state index is 0.0935. The quantitative estimate of drug-likeness (QED) is 0.688. The van der Waals surface area contributed by atoms with Crippen LogP contribution in [-0.4, -0.2) is 30.4 Å². The van der Waals surface area contributed by atoms with E-state index in [4.69, 9.17) is 9.84 Å². The van der Waals surface area contributed by atoms with Crippen LogP contribution in [0.4, 0.5) is 4.79 Å². The molecule has 3 N–H and O–H groups in total. The normalized spacial score (nSPS) is 12.8. The fourth-order valence-corrected chi connectivity index (χ4v) is 2.15. The Labute approximate surface area is 139 Å². The van der Waals surface area contributed by atoms with Crippen LogP contribution in [0.5, 0.6) is 5.75 Å². The summed E-state index contributed by atoms with van der Waals surface area (Å²) in [5.41, 5.74) is 0.899. The third kappa shape index (κ3) is 7.37. The number of aliphatic hydroxyl groups is 1. The van der Waals surface area contributed by atoms with E-state index in [1.54, 1.807) is 0 Å². The summed E-state index contributed by atoms with van der Waals surface area (Å²) in [7, 11) is 0. The molecule has 0 aliphatic rings. The van der Waals surface area contributed by atoms with E-state index >= 15 is 0 Å². The maximum absolute atomic E-state index is 12.0. The van der Waals surface area contributed by atoms with Gasteiger partial charge < -0.3 is 20.5 Å². The van der Waals surface area contributed by atoms with Gasteiger partial charge in [-0.25, -0.2) is 4.79 Å². The molecule has 0 heterocycles. The summed E-state index contributed by atoms with van der Waals surface area (Å²) in [6.45, 7) is 10.6. The Bertz CT molecular complexity index is 484. The van der Waals surface area contributed by atoms with E-state index in [1.807, 2.05) is 58.9 Å². The van der Waals surface area contributed by atoms with E-state index in [1.165, 1.54) is 0 Å². The summed E-state index contributed by atoms with van der Waals surface area (Å²) in [4.78, 5) is 12.0. The summed E-state index contributed by atoms with van der Waals surface area (Å²) >= 11 is 0. The Morgan fingerprint density at radius 2 is 1.83 bits per heavy atom. The highest BCUT2D eigenvalue weighted by Gasteiger charge is 2.18. The zero-order valence-electron chi connectivity index (χ0n) is 14.8. The van der Waals surface area contributed by atoms with Crippen LogP contribution in [-0.2, 0) is 0 Å². The average molecular weight is 322 g/mol. The van der Waals surface area contributed by atoms with Gasteiger partial charge in [0, 0.05) is 13.2 Å². The van der Waals surface area contributed by atoms with Crippen LogP contribution in [0.3, 0.4) is 0 Å². The maximum Gasteiger partial charge on any atom is 0.315 e. The summed E-state index contributed by atoms with van der Waals surface area (Å²) in [5, 5.41) is 14.8. The number of amides is 2. The van der Waals surface area contributed by atoms with Gasteiger partial charge in [0.05, 0.1) is 12.1 Å². The third-order valence-corrected chi connectivity index (χ3v) is 3.62. The van der Waals surface area contributed by atoms with Crippen molar-refractivity contribution in [3.63, 3.8) is 0 Å².